The normalized spacial score (nSPS) is 21.1. The van der Waals surface area contributed by atoms with Crippen molar-refractivity contribution in [2.24, 2.45) is 0 Å². The number of rotatable bonds is 3. The molecule has 0 fully saturated rings. The molecule has 0 saturated heterocycles. The first-order valence-corrected chi connectivity index (χ1v) is 11.6. The summed E-state index contributed by atoms with van der Waals surface area (Å²) in [5, 5.41) is 20.8. The summed E-state index contributed by atoms with van der Waals surface area (Å²) < 4.78 is 19.8. The number of ether oxygens (including phenoxy) is 2. The molecule has 2 aliphatic rings. The Balaban J connectivity index is 1.42. The molecule has 174 valence electrons. The fraction of sp³-hybridized carbons (Fsp3) is 0.320. The molecule has 6 rings (SSSR count). The second kappa shape index (κ2) is 7.85. The maximum Gasteiger partial charge on any atom is 0.194 e. The smallest absolute Gasteiger partial charge is 0.194 e. The molecule has 2 aromatic carbocycles. The summed E-state index contributed by atoms with van der Waals surface area (Å²) in [6, 6.07) is 11.3. The van der Waals surface area contributed by atoms with Gasteiger partial charge in [-0.15, -0.1) is 10.2 Å². The van der Waals surface area contributed by atoms with Crippen LogP contribution in [0.2, 0.25) is 5.02 Å². The molecule has 0 amide bonds. The fourth-order valence-electron chi connectivity index (χ4n) is 5.01. The monoisotopic (exact) mass is 478 g/mol. The van der Waals surface area contributed by atoms with E-state index in [2.05, 4.69) is 15.2 Å². The first-order chi connectivity index (χ1) is 16.5. The number of hydrogen-bond acceptors (Lipinski definition) is 7. The van der Waals surface area contributed by atoms with Gasteiger partial charge in [-0.05, 0) is 42.7 Å². The van der Waals surface area contributed by atoms with Gasteiger partial charge in [0.2, 0.25) is 0 Å². The standard InChI is InChI=1S/C25H23ClN4O4/c1-14-27-13-21(33-14)18-7-5-16(10-20(18)32-2)23-28-29-24-25(8-3-9-30(23)24)22(31)11-15-4-6-17(26)12-19(15)34-25/h4-7,10,12-13,22,31H,3,8-9,11H2,1-2H3. The Morgan fingerprint density at radius 1 is 1.21 bits per heavy atom. The number of aliphatic hydroxyl groups excluding tert-OH is 1. The number of benzene rings is 2. The number of nitrogens with zero attached hydrogens (tertiary/aromatic N) is 4. The van der Waals surface area contributed by atoms with Crippen LogP contribution in [0.1, 0.15) is 30.1 Å². The molecule has 8 nitrogen and oxygen atoms in total. The van der Waals surface area contributed by atoms with Gasteiger partial charge in [0.05, 0.1) is 18.9 Å². The summed E-state index contributed by atoms with van der Waals surface area (Å²) in [5.74, 6) is 3.88. The van der Waals surface area contributed by atoms with Crippen molar-refractivity contribution in [3.05, 3.63) is 64.9 Å². The van der Waals surface area contributed by atoms with Crippen LogP contribution in [0.4, 0.5) is 0 Å². The molecular formula is C25H23ClN4O4. The molecule has 0 bridgehead atoms. The Kier molecular flexibility index (Phi) is 4.89. The van der Waals surface area contributed by atoms with Gasteiger partial charge in [0.25, 0.3) is 0 Å². The van der Waals surface area contributed by atoms with E-state index in [0.29, 0.717) is 52.7 Å². The summed E-state index contributed by atoms with van der Waals surface area (Å²) in [4.78, 5) is 4.18. The molecule has 2 unspecified atom stereocenters. The predicted molar refractivity (Wildman–Crippen MR) is 125 cm³/mol. The molecule has 34 heavy (non-hydrogen) atoms. The molecule has 1 spiro atoms. The molecule has 0 saturated carbocycles. The lowest BCUT2D eigenvalue weighted by Crippen LogP contribution is -2.52. The molecule has 1 N–H and O–H groups in total. The average molecular weight is 479 g/mol. The van der Waals surface area contributed by atoms with Crippen LogP contribution in [0.25, 0.3) is 22.7 Å². The summed E-state index contributed by atoms with van der Waals surface area (Å²) in [5.41, 5.74) is 1.62. The van der Waals surface area contributed by atoms with Crippen LogP contribution in [-0.4, -0.2) is 38.1 Å². The Bertz CT molecular complexity index is 1400. The zero-order valence-electron chi connectivity index (χ0n) is 18.8. The molecule has 4 aromatic rings. The largest absolute Gasteiger partial charge is 0.496 e. The minimum absolute atomic E-state index is 0.466. The topological polar surface area (TPSA) is 95.4 Å². The number of aryl methyl sites for hydroxylation is 1. The highest BCUT2D eigenvalue weighted by molar-refractivity contribution is 6.30. The average Bonchev–Trinajstić information content (AvgIpc) is 3.47. The molecule has 9 heteroatoms. The lowest BCUT2D eigenvalue weighted by molar-refractivity contribution is -0.0937. The van der Waals surface area contributed by atoms with E-state index in [1.165, 1.54) is 0 Å². The highest BCUT2D eigenvalue weighted by Gasteiger charge is 2.51. The molecule has 4 heterocycles. The van der Waals surface area contributed by atoms with Crippen LogP contribution in [0.15, 0.2) is 47.0 Å². The van der Waals surface area contributed by atoms with Crippen LogP contribution >= 0.6 is 11.6 Å². The van der Waals surface area contributed by atoms with Gasteiger partial charge in [0.1, 0.15) is 17.6 Å². The third-order valence-corrected chi connectivity index (χ3v) is 6.91. The molecular weight excluding hydrogens is 456 g/mol. The number of fused-ring (bicyclic) bond motifs is 3. The van der Waals surface area contributed by atoms with Crippen molar-refractivity contribution in [1.29, 1.82) is 0 Å². The fourth-order valence-corrected chi connectivity index (χ4v) is 5.18. The van der Waals surface area contributed by atoms with E-state index in [4.69, 9.17) is 25.5 Å². The lowest BCUT2D eigenvalue weighted by atomic mass is 9.82. The quantitative estimate of drug-likeness (QED) is 0.461. The second-order valence-electron chi connectivity index (χ2n) is 8.72. The SMILES string of the molecule is COc1cc(-c2nnc3n2CCCC32Oc3cc(Cl)ccc3CC2O)ccc1-c1cnc(C)o1. The van der Waals surface area contributed by atoms with Gasteiger partial charge in [-0.3, -0.25) is 0 Å². The first kappa shape index (κ1) is 21.2. The van der Waals surface area contributed by atoms with Crippen LogP contribution in [-0.2, 0) is 18.6 Å². The molecule has 2 aliphatic heterocycles. The van der Waals surface area contributed by atoms with E-state index < -0.39 is 11.7 Å². The van der Waals surface area contributed by atoms with Crippen LogP contribution in [0, 0.1) is 6.92 Å². The minimum Gasteiger partial charge on any atom is -0.496 e. The van der Waals surface area contributed by atoms with Gasteiger partial charge in [-0.2, -0.15) is 0 Å². The summed E-state index contributed by atoms with van der Waals surface area (Å²) in [6.45, 7) is 2.53. The Hall–Kier alpha value is -3.36. The number of methoxy groups -OCH3 is 1. The van der Waals surface area contributed by atoms with E-state index in [-0.39, 0.29) is 0 Å². The number of aliphatic hydroxyl groups is 1. The van der Waals surface area contributed by atoms with Gasteiger partial charge in [0.15, 0.2) is 28.9 Å². The summed E-state index contributed by atoms with van der Waals surface area (Å²) in [7, 11) is 1.62. The van der Waals surface area contributed by atoms with E-state index in [0.717, 1.165) is 29.7 Å². The lowest BCUT2D eigenvalue weighted by Gasteiger charge is -2.43. The molecule has 0 radical (unpaired) electrons. The number of halogens is 1. The maximum absolute atomic E-state index is 11.2. The Morgan fingerprint density at radius 2 is 2.09 bits per heavy atom. The van der Waals surface area contributed by atoms with Crippen molar-refractivity contribution < 1.29 is 19.0 Å². The molecule has 2 atom stereocenters. The van der Waals surface area contributed by atoms with Crippen molar-refractivity contribution in [3.8, 4) is 34.2 Å². The molecule has 0 aliphatic carbocycles. The highest BCUT2D eigenvalue weighted by Crippen LogP contribution is 2.46. The maximum atomic E-state index is 11.2. The van der Waals surface area contributed by atoms with E-state index in [1.54, 1.807) is 26.3 Å². The van der Waals surface area contributed by atoms with E-state index in [1.807, 2.05) is 34.9 Å². The van der Waals surface area contributed by atoms with Crippen LogP contribution in [0.5, 0.6) is 11.5 Å². The van der Waals surface area contributed by atoms with Gasteiger partial charge in [-0.25, -0.2) is 4.98 Å². The highest BCUT2D eigenvalue weighted by atomic mass is 35.5. The van der Waals surface area contributed by atoms with E-state index in [9.17, 15) is 5.11 Å². The number of hydrogen-bond donors (Lipinski definition) is 1. The van der Waals surface area contributed by atoms with Crippen molar-refractivity contribution in [3.63, 3.8) is 0 Å². The molecule has 2 aromatic heterocycles. The number of aromatic nitrogens is 4. The zero-order valence-corrected chi connectivity index (χ0v) is 19.5. The summed E-state index contributed by atoms with van der Waals surface area (Å²) >= 11 is 6.21. The van der Waals surface area contributed by atoms with Crippen molar-refractivity contribution >= 4 is 11.6 Å². The van der Waals surface area contributed by atoms with Gasteiger partial charge in [0, 0.05) is 30.5 Å². The predicted octanol–water partition coefficient (Wildman–Crippen LogP) is 4.56. The Labute approximate surface area is 201 Å². The van der Waals surface area contributed by atoms with Crippen LogP contribution < -0.4 is 9.47 Å². The number of oxazole rings is 1. The van der Waals surface area contributed by atoms with Gasteiger partial charge < -0.3 is 23.6 Å². The Morgan fingerprint density at radius 3 is 2.88 bits per heavy atom. The first-order valence-electron chi connectivity index (χ1n) is 11.2. The van der Waals surface area contributed by atoms with Crippen molar-refractivity contribution in [2.45, 2.75) is 44.4 Å². The zero-order chi connectivity index (χ0) is 23.4. The van der Waals surface area contributed by atoms with Gasteiger partial charge in [-0.1, -0.05) is 23.7 Å². The third kappa shape index (κ3) is 3.20. The van der Waals surface area contributed by atoms with Crippen molar-refractivity contribution in [2.75, 3.05) is 7.11 Å². The van der Waals surface area contributed by atoms with Crippen molar-refractivity contribution in [1.82, 2.24) is 19.7 Å². The summed E-state index contributed by atoms with van der Waals surface area (Å²) in [6.07, 6.45) is 2.86. The van der Waals surface area contributed by atoms with Gasteiger partial charge >= 0.3 is 0 Å². The second-order valence-corrected chi connectivity index (χ2v) is 9.16. The minimum atomic E-state index is -0.970. The van der Waals surface area contributed by atoms with Crippen LogP contribution in [0.3, 0.4) is 0 Å². The van der Waals surface area contributed by atoms with E-state index >= 15 is 0 Å². The third-order valence-electron chi connectivity index (χ3n) is 6.68.